The van der Waals surface area contributed by atoms with Crippen LogP contribution in [0, 0.1) is 0 Å². The van der Waals surface area contributed by atoms with Gasteiger partial charge in [0.2, 0.25) is 0 Å². The van der Waals surface area contributed by atoms with Gasteiger partial charge in [-0.15, -0.1) is 0 Å². The van der Waals surface area contributed by atoms with Gasteiger partial charge >= 0.3 is 11.9 Å². The number of aromatic nitrogens is 3. The summed E-state index contributed by atoms with van der Waals surface area (Å²) < 4.78 is 6.38. The summed E-state index contributed by atoms with van der Waals surface area (Å²) in [7, 11) is 0. The highest BCUT2D eigenvalue weighted by Crippen LogP contribution is 2.22. The maximum Gasteiger partial charge on any atom is 0.357 e. The molecule has 1 N–H and O–H groups in total. The van der Waals surface area contributed by atoms with Crippen molar-refractivity contribution in [2.45, 2.75) is 6.92 Å². The van der Waals surface area contributed by atoms with Crippen LogP contribution in [0.4, 0.5) is 0 Å². The molecule has 0 fully saturated rings. The molecule has 0 aliphatic carbocycles. The van der Waals surface area contributed by atoms with Gasteiger partial charge in [-0.25, -0.2) is 19.1 Å². The van der Waals surface area contributed by atoms with Gasteiger partial charge in [0, 0.05) is 11.6 Å². The third-order valence-corrected chi connectivity index (χ3v) is 3.20. The second kappa shape index (κ2) is 5.88. The van der Waals surface area contributed by atoms with Gasteiger partial charge in [-0.2, -0.15) is 5.10 Å². The largest absolute Gasteiger partial charge is 0.476 e. The van der Waals surface area contributed by atoms with E-state index in [0.717, 1.165) is 5.56 Å². The van der Waals surface area contributed by atoms with Gasteiger partial charge in [-0.05, 0) is 13.0 Å². The SMILES string of the molecule is CCOC(=O)c1cc(-c2ccccc2)n2nc(C(=O)O)cc2n1. The average molecular weight is 311 g/mol. The van der Waals surface area contributed by atoms with Crippen molar-refractivity contribution in [2.24, 2.45) is 0 Å². The molecule has 0 radical (unpaired) electrons. The van der Waals surface area contributed by atoms with Gasteiger partial charge in [-0.1, -0.05) is 30.3 Å². The van der Waals surface area contributed by atoms with Crippen molar-refractivity contribution < 1.29 is 19.4 Å². The van der Waals surface area contributed by atoms with Crippen molar-refractivity contribution in [2.75, 3.05) is 6.61 Å². The summed E-state index contributed by atoms with van der Waals surface area (Å²) in [6, 6.07) is 12.1. The van der Waals surface area contributed by atoms with Gasteiger partial charge in [0.05, 0.1) is 12.3 Å². The molecule has 0 aliphatic rings. The zero-order valence-corrected chi connectivity index (χ0v) is 12.3. The topological polar surface area (TPSA) is 93.8 Å². The molecule has 7 nitrogen and oxygen atoms in total. The summed E-state index contributed by atoms with van der Waals surface area (Å²) in [6.45, 7) is 1.93. The van der Waals surface area contributed by atoms with Crippen LogP contribution in [0.25, 0.3) is 16.9 Å². The number of esters is 1. The number of hydrogen-bond acceptors (Lipinski definition) is 5. The normalized spacial score (nSPS) is 10.7. The number of hydrogen-bond donors (Lipinski definition) is 1. The van der Waals surface area contributed by atoms with Crippen LogP contribution in [-0.2, 0) is 4.74 Å². The number of benzene rings is 1. The van der Waals surface area contributed by atoms with E-state index in [-0.39, 0.29) is 23.6 Å². The first-order valence-corrected chi connectivity index (χ1v) is 6.97. The second-order valence-electron chi connectivity index (χ2n) is 4.72. The summed E-state index contributed by atoms with van der Waals surface area (Å²) in [5, 5.41) is 13.2. The summed E-state index contributed by atoms with van der Waals surface area (Å²) in [4.78, 5) is 27.3. The highest BCUT2D eigenvalue weighted by atomic mass is 16.5. The Bertz CT molecular complexity index is 887. The van der Waals surface area contributed by atoms with Crippen LogP contribution < -0.4 is 0 Å². The van der Waals surface area contributed by atoms with E-state index in [0.29, 0.717) is 5.69 Å². The smallest absolute Gasteiger partial charge is 0.357 e. The Balaban J connectivity index is 2.25. The number of rotatable bonds is 4. The fourth-order valence-corrected chi connectivity index (χ4v) is 2.20. The molecule has 0 atom stereocenters. The van der Waals surface area contributed by atoms with E-state index in [1.54, 1.807) is 13.0 Å². The van der Waals surface area contributed by atoms with E-state index in [4.69, 9.17) is 9.84 Å². The fourth-order valence-electron chi connectivity index (χ4n) is 2.20. The minimum atomic E-state index is -1.16. The molecule has 7 heteroatoms. The molecule has 2 aromatic heterocycles. The van der Waals surface area contributed by atoms with Crippen molar-refractivity contribution in [3.8, 4) is 11.3 Å². The van der Waals surface area contributed by atoms with E-state index in [1.807, 2.05) is 30.3 Å². The molecule has 23 heavy (non-hydrogen) atoms. The quantitative estimate of drug-likeness (QED) is 0.743. The summed E-state index contributed by atoms with van der Waals surface area (Å²) in [6.07, 6.45) is 0. The summed E-state index contributed by atoms with van der Waals surface area (Å²) >= 11 is 0. The molecule has 0 amide bonds. The second-order valence-corrected chi connectivity index (χ2v) is 4.72. The van der Waals surface area contributed by atoms with Gasteiger partial charge in [-0.3, -0.25) is 0 Å². The van der Waals surface area contributed by atoms with Crippen LogP contribution in [0.2, 0.25) is 0 Å². The Morgan fingerprint density at radius 1 is 1.17 bits per heavy atom. The molecule has 3 aromatic rings. The molecule has 1 aromatic carbocycles. The van der Waals surface area contributed by atoms with Crippen molar-refractivity contribution in [3.63, 3.8) is 0 Å². The predicted octanol–water partition coefficient (Wildman–Crippen LogP) is 2.27. The van der Waals surface area contributed by atoms with Crippen LogP contribution in [-0.4, -0.2) is 38.3 Å². The minimum Gasteiger partial charge on any atom is -0.476 e. The van der Waals surface area contributed by atoms with Crippen LogP contribution in [0.3, 0.4) is 0 Å². The van der Waals surface area contributed by atoms with E-state index in [9.17, 15) is 9.59 Å². The molecule has 0 spiro atoms. The highest BCUT2D eigenvalue weighted by Gasteiger charge is 2.18. The molecule has 2 heterocycles. The zero-order chi connectivity index (χ0) is 16.4. The van der Waals surface area contributed by atoms with Gasteiger partial charge in [0.25, 0.3) is 0 Å². The molecule has 0 saturated heterocycles. The maximum atomic E-state index is 12.0. The first-order valence-electron chi connectivity index (χ1n) is 6.97. The number of carbonyl (C=O) groups is 2. The van der Waals surface area contributed by atoms with Gasteiger partial charge < -0.3 is 9.84 Å². The molecule has 116 valence electrons. The highest BCUT2D eigenvalue weighted by molar-refractivity contribution is 5.90. The molecule has 0 bridgehead atoms. The molecular weight excluding hydrogens is 298 g/mol. The molecule has 0 unspecified atom stereocenters. The van der Waals surface area contributed by atoms with Gasteiger partial charge in [0.15, 0.2) is 17.0 Å². The lowest BCUT2D eigenvalue weighted by molar-refractivity contribution is 0.0519. The summed E-state index contributed by atoms with van der Waals surface area (Å²) in [5.41, 5.74) is 1.58. The van der Waals surface area contributed by atoms with Crippen molar-refractivity contribution in [1.29, 1.82) is 0 Å². The Kier molecular flexibility index (Phi) is 3.76. The number of fused-ring (bicyclic) bond motifs is 1. The number of ether oxygens (including phenoxy) is 1. The molecule has 0 aliphatic heterocycles. The predicted molar refractivity (Wildman–Crippen MR) is 81.3 cm³/mol. The number of carboxylic acids is 1. The lowest BCUT2D eigenvalue weighted by atomic mass is 10.1. The van der Waals surface area contributed by atoms with E-state index in [1.165, 1.54) is 10.6 Å². The van der Waals surface area contributed by atoms with E-state index >= 15 is 0 Å². The van der Waals surface area contributed by atoms with E-state index < -0.39 is 11.9 Å². The van der Waals surface area contributed by atoms with Crippen LogP contribution in [0.1, 0.15) is 27.9 Å². The third kappa shape index (κ3) is 2.76. The first-order chi connectivity index (χ1) is 11.1. The molecule has 0 saturated carbocycles. The number of nitrogens with zero attached hydrogens (tertiary/aromatic N) is 3. The third-order valence-electron chi connectivity index (χ3n) is 3.20. The van der Waals surface area contributed by atoms with E-state index in [2.05, 4.69) is 10.1 Å². The van der Waals surface area contributed by atoms with Gasteiger partial charge in [0.1, 0.15) is 0 Å². The minimum absolute atomic E-state index is 0.107. The standard InChI is InChI=1S/C16H13N3O4/c1-2-23-16(22)12-8-13(10-6-4-3-5-7-10)19-14(17-12)9-11(18-19)15(20)21/h3-9H,2H2,1H3,(H,20,21). The Morgan fingerprint density at radius 3 is 2.57 bits per heavy atom. The lowest BCUT2D eigenvalue weighted by Crippen LogP contribution is -2.09. The van der Waals surface area contributed by atoms with Crippen molar-refractivity contribution in [3.05, 3.63) is 53.9 Å². The van der Waals surface area contributed by atoms with Crippen molar-refractivity contribution >= 4 is 17.6 Å². The summed E-state index contributed by atoms with van der Waals surface area (Å²) in [5.74, 6) is -1.72. The lowest BCUT2D eigenvalue weighted by Gasteiger charge is -2.07. The Morgan fingerprint density at radius 2 is 1.91 bits per heavy atom. The zero-order valence-electron chi connectivity index (χ0n) is 12.3. The maximum absolute atomic E-state index is 12.0. The number of carbonyl (C=O) groups excluding carboxylic acids is 1. The fraction of sp³-hybridized carbons (Fsp3) is 0.125. The Labute approximate surface area is 131 Å². The average Bonchev–Trinajstić information content (AvgIpc) is 2.99. The monoisotopic (exact) mass is 311 g/mol. The Hall–Kier alpha value is -3.22. The molecule has 3 rings (SSSR count). The van der Waals surface area contributed by atoms with Crippen LogP contribution in [0.15, 0.2) is 42.5 Å². The van der Waals surface area contributed by atoms with Crippen LogP contribution in [0.5, 0.6) is 0 Å². The van der Waals surface area contributed by atoms with Crippen LogP contribution >= 0.6 is 0 Å². The van der Waals surface area contributed by atoms with Crippen molar-refractivity contribution in [1.82, 2.24) is 14.6 Å². The first kappa shape index (κ1) is 14.7. The number of carboxylic acid groups (broad SMARTS) is 1. The number of aromatic carboxylic acids is 1. The molecular formula is C16H13N3O4.